The predicted octanol–water partition coefficient (Wildman–Crippen LogP) is 0.386. The number of aromatic nitrogens is 2. The van der Waals surface area contributed by atoms with Crippen LogP contribution in [0.15, 0.2) is 12.4 Å². The molecule has 4 N–H and O–H groups in total. The summed E-state index contributed by atoms with van der Waals surface area (Å²) < 4.78 is 0. The minimum absolute atomic E-state index is 0.136. The van der Waals surface area contributed by atoms with Crippen molar-refractivity contribution in [2.45, 2.75) is 24.8 Å². The van der Waals surface area contributed by atoms with Crippen LogP contribution in [0.4, 0.5) is 11.6 Å². The van der Waals surface area contributed by atoms with E-state index in [9.17, 15) is 5.11 Å². The number of anilines is 2. The molecule has 1 aliphatic rings. The number of nitrogens with two attached hydrogens (primary N) is 1. The minimum atomic E-state index is -0.180. The Labute approximate surface area is 82.4 Å². The van der Waals surface area contributed by atoms with Crippen LogP contribution in [-0.2, 0) is 0 Å². The number of nitrogen functional groups attached to an aromatic ring is 1. The van der Waals surface area contributed by atoms with Gasteiger partial charge in [0.05, 0.1) is 12.1 Å². The largest absolute Gasteiger partial charge is 0.394 e. The molecule has 0 aliphatic heterocycles. The molecular weight excluding hydrogens is 180 g/mol. The molecule has 5 nitrogen and oxygen atoms in total. The summed E-state index contributed by atoms with van der Waals surface area (Å²) in [5, 5.41) is 12.4. The molecule has 0 atom stereocenters. The second-order valence-electron chi connectivity index (χ2n) is 3.75. The molecule has 0 saturated heterocycles. The van der Waals surface area contributed by atoms with E-state index in [2.05, 4.69) is 15.3 Å². The molecule has 0 spiro atoms. The van der Waals surface area contributed by atoms with Crippen LogP contribution in [-0.4, -0.2) is 27.2 Å². The zero-order valence-electron chi connectivity index (χ0n) is 7.90. The molecule has 5 heteroatoms. The Balaban J connectivity index is 2.09. The molecule has 1 aromatic rings. The van der Waals surface area contributed by atoms with E-state index in [1.165, 1.54) is 6.33 Å². The first-order valence-corrected chi connectivity index (χ1v) is 4.71. The van der Waals surface area contributed by atoms with Crippen LogP contribution in [0.25, 0.3) is 0 Å². The smallest absolute Gasteiger partial charge is 0.131 e. The van der Waals surface area contributed by atoms with Crippen molar-refractivity contribution in [3.8, 4) is 0 Å². The monoisotopic (exact) mass is 194 g/mol. The van der Waals surface area contributed by atoms with E-state index >= 15 is 0 Å². The molecule has 1 aliphatic carbocycles. The second kappa shape index (κ2) is 3.42. The van der Waals surface area contributed by atoms with E-state index in [0.717, 1.165) is 19.3 Å². The maximum absolute atomic E-state index is 9.23. The summed E-state index contributed by atoms with van der Waals surface area (Å²) in [5.41, 5.74) is 5.34. The van der Waals surface area contributed by atoms with Crippen molar-refractivity contribution in [1.82, 2.24) is 9.97 Å². The molecule has 1 fully saturated rings. The standard InChI is InChI=1S/C9H14N4O/c10-7-4-8(12-6-11-7)13-9(5-14)2-1-3-9/h4,6,14H,1-3,5H2,(H3,10,11,12,13). The zero-order valence-corrected chi connectivity index (χ0v) is 7.90. The number of hydrogen-bond donors (Lipinski definition) is 3. The Kier molecular flexibility index (Phi) is 2.25. The Bertz CT molecular complexity index is 319. The molecule has 2 rings (SSSR count). The molecule has 14 heavy (non-hydrogen) atoms. The van der Waals surface area contributed by atoms with Gasteiger partial charge in [0, 0.05) is 6.07 Å². The van der Waals surface area contributed by atoms with Crippen LogP contribution in [0.3, 0.4) is 0 Å². The Morgan fingerprint density at radius 3 is 2.79 bits per heavy atom. The van der Waals surface area contributed by atoms with Crippen molar-refractivity contribution < 1.29 is 5.11 Å². The summed E-state index contributed by atoms with van der Waals surface area (Å²) in [6, 6.07) is 1.68. The van der Waals surface area contributed by atoms with Gasteiger partial charge in [-0.1, -0.05) is 0 Å². The van der Waals surface area contributed by atoms with Crippen LogP contribution in [0.2, 0.25) is 0 Å². The Morgan fingerprint density at radius 2 is 2.29 bits per heavy atom. The molecule has 0 unspecified atom stereocenters. The topological polar surface area (TPSA) is 84.1 Å². The molecule has 1 saturated carbocycles. The number of nitrogens with zero attached hydrogens (tertiary/aromatic N) is 2. The lowest BCUT2D eigenvalue weighted by Crippen LogP contribution is -2.48. The van der Waals surface area contributed by atoms with Crippen LogP contribution >= 0.6 is 0 Å². The normalized spacial score (nSPS) is 18.6. The van der Waals surface area contributed by atoms with Crippen molar-refractivity contribution in [3.63, 3.8) is 0 Å². The van der Waals surface area contributed by atoms with Crippen LogP contribution < -0.4 is 11.1 Å². The van der Waals surface area contributed by atoms with Crippen molar-refractivity contribution in [1.29, 1.82) is 0 Å². The molecule has 76 valence electrons. The lowest BCUT2D eigenvalue weighted by atomic mass is 9.77. The van der Waals surface area contributed by atoms with Gasteiger partial charge in [-0.3, -0.25) is 0 Å². The number of nitrogens with one attached hydrogen (secondary N) is 1. The highest BCUT2D eigenvalue weighted by atomic mass is 16.3. The van der Waals surface area contributed by atoms with Gasteiger partial charge in [-0.25, -0.2) is 9.97 Å². The van der Waals surface area contributed by atoms with Gasteiger partial charge in [-0.2, -0.15) is 0 Å². The van der Waals surface area contributed by atoms with E-state index in [1.54, 1.807) is 6.07 Å². The summed E-state index contributed by atoms with van der Waals surface area (Å²) in [7, 11) is 0. The van der Waals surface area contributed by atoms with Crippen molar-refractivity contribution >= 4 is 11.6 Å². The van der Waals surface area contributed by atoms with E-state index in [0.29, 0.717) is 11.6 Å². The quantitative estimate of drug-likeness (QED) is 0.648. The molecule has 0 aromatic carbocycles. The minimum Gasteiger partial charge on any atom is -0.394 e. The predicted molar refractivity (Wildman–Crippen MR) is 53.7 cm³/mol. The summed E-state index contributed by atoms with van der Waals surface area (Å²) in [5.74, 6) is 1.13. The van der Waals surface area contributed by atoms with E-state index < -0.39 is 0 Å². The molecular formula is C9H14N4O. The van der Waals surface area contributed by atoms with E-state index in [1.807, 2.05) is 0 Å². The summed E-state index contributed by atoms with van der Waals surface area (Å²) >= 11 is 0. The third-order valence-corrected chi connectivity index (χ3v) is 2.69. The number of hydrogen-bond acceptors (Lipinski definition) is 5. The highest BCUT2D eigenvalue weighted by molar-refractivity contribution is 5.45. The first-order chi connectivity index (χ1) is 6.74. The lowest BCUT2D eigenvalue weighted by Gasteiger charge is -2.41. The lowest BCUT2D eigenvalue weighted by molar-refractivity contribution is 0.144. The maximum atomic E-state index is 9.23. The number of aliphatic hydroxyl groups excluding tert-OH is 1. The summed E-state index contributed by atoms with van der Waals surface area (Å²) in [4.78, 5) is 7.84. The third-order valence-electron chi connectivity index (χ3n) is 2.69. The van der Waals surface area contributed by atoms with Crippen molar-refractivity contribution in [3.05, 3.63) is 12.4 Å². The van der Waals surface area contributed by atoms with Gasteiger partial charge in [0.25, 0.3) is 0 Å². The molecule has 1 heterocycles. The zero-order chi connectivity index (χ0) is 10.0. The molecule has 0 bridgehead atoms. The fourth-order valence-electron chi connectivity index (χ4n) is 1.64. The summed E-state index contributed by atoms with van der Waals surface area (Å²) in [6.07, 6.45) is 4.52. The average molecular weight is 194 g/mol. The molecule has 0 radical (unpaired) electrons. The Morgan fingerprint density at radius 1 is 1.50 bits per heavy atom. The van der Waals surface area contributed by atoms with Gasteiger partial charge in [0.15, 0.2) is 0 Å². The first kappa shape index (κ1) is 9.21. The fraction of sp³-hybridized carbons (Fsp3) is 0.556. The highest BCUT2D eigenvalue weighted by Crippen LogP contribution is 2.34. The van der Waals surface area contributed by atoms with Crippen molar-refractivity contribution in [2.24, 2.45) is 0 Å². The molecule has 1 aromatic heterocycles. The third kappa shape index (κ3) is 1.63. The number of aliphatic hydroxyl groups is 1. The average Bonchev–Trinajstić information content (AvgIpc) is 2.11. The second-order valence-corrected chi connectivity index (χ2v) is 3.75. The van der Waals surface area contributed by atoms with Gasteiger partial charge < -0.3 is 16.2 Å². The van der Waals surface area contributed by atoms with E-state index in [4.69, 9.17) is 5.73 Å². The maximum Gasteiger partial charge on any atom is 0.131 e. The highest BCUT2D eigenvalue weighted by Gasteiger charge is 2.36. The Hall–Kier alpha value is -1.36. The van der Waals surface area contributed by atoms with Gasteiger partial charge in [0.2, 0.25) is 0 Å². The molecule has 0 amide bonds. The van der Waals surface area contributed by atoms with Crippen LogP contribution in [0.5, 0.6) is 0 Å². The SMILES string of the molecule is Nc1cc(NC2(CO)CCC2)ncn1. The van der Waals surface area contributed by atoms with Crippen LogP contribution in [0, 0.1) is 0 Å². The van der Waals surface area contributed by atoms with Gasteiger partial charge in [-0.15, -0.1) is 0 Å². The van der Waals surface area contributed by atoms with E-state index in [-0.39, 0.29) is 12.1 Å². The van der Waals surface area contributed by atoms with Gasteiger partial charge in [-0.05, 0) is 19.3 Å². The van der Waals surface area contributed by atoms with Crippen molar-refractivity contribution in [2.75, 3.05) is 17.7 Å². The summed E-state index contributed by atoms with van der Waals surface area (Å²) in [6.45, 7) is 0.136. The first-order valence-electron chi connectivity index (χ1n) is 4.71. The van der Waals surface area contributed by atoms with Gasteiger partial charge in [0.1, 0.15) is 18.0 Å². The number of rotatable bonds is 3. The fourth-order valence-corrected chi connectivity index (χ4v) is 1.64. The van der Waals surface area contributed by atoms with Crippen LogP contribution in [0.1, 0.15) is 19.3 Å². The van der Waals surface area contributed by atoms with Gasteiger partial charge >= 0.3 is 0 Å².